The first-order valence-corrected chi connectivity index (χ1v) is 12.4. The monoisotopic (exact) mass is 461 g/mol. The Labute approximate surface area is 197 Å². The number of hydrogen-bond donors (Lipinski definition) is 0. The quantitative estimate of drug-likeness (QED) is 0.292. The topological polar surface area (TPSA) is 46.1 Å². The van der Waals surface area contributed by atoms with Crippen LogP contribution in [0.15, 0.2) is 65.8 Å². The second-order valence-electron chi connectivity index (χ2n) is 8.25. The predicted octanol–water partition coefficient (Wildman–Crippen LogP) is 6.58. The summed E-state index contributed by atoms with van der Waals surface area (Å²) in [6.45, 7) is 8.98. The van der Waals surface area contributed by atoms with E-state index < -0.39 is 0 Å². The van der Waals surface area contributed by atoms with E-state index in [1.165, 1.54) is 16.0 Å². The van der Waals surface area contributed by atoms with Gasteiger partial charge in [0, 0.05) is 22.5 Å². The zero-order chi connectivity index (χ0) is 22.7. The van der Waals surface area contributed by atoms with Crippen LogP contribution in [0.4, 0.5) is 5.13 Å². The molecule has 1 amide bonds. The van der Waals surface area contributed by atoms with Crippen molar-refractivity contribution in [3.05, 3.63) is 83.2 Å². The van der Waals surface area contributed by atoms with Crippen molar-refractivity contribution in [3.8, 4) is 0 Å². The Morgan fingerprint density at radius 1 is 1.09 bits per heavy atom. The number of aromatic nitrogens is 2. The Kier molecular flexibility index (Phi) is 6.92. The summed E-state index contributed by atoms with van der Waals surface area (Å²) in [6, 6.07) is 16.4. The number of hydrogen-bond acceptors (Lipinski definition) is 5. The summed E-state index contributed by atoms with van der Waals surface area (Å²) in [5.41, 5.74) is 5.30. The van der Waals surface area contributed by atoms with Gasteiger partial charge in [-0.2, -0.15) is 0 Å². The molecule has 4 rings (SSSR count). The van der Waals surface area contributed by atoms with Gasteiger partial charge in [-0.3, -0.25) is 14.7 Å². The molecule has 0 radical (unpaired) electrons. The predicted molar refractivity (Wildman–Crippen MR) is 136 cm³/mol. The van der Waals surface area contributed by atoms with E-state index >= 15 is 0 Å². The summed E-state index contributed by atoms with van der Waals surface area (Å²) < 4.78 is 1.13. The lowest BCUT2D eigenvalue weighted by molar-refractivity contribution is -0.118. The lowest BCUT2D eigenvalue weighted by Gasteiger charge is -2.20. The second kappa shape index (κ2) is 9.84. The number of thiazole rings is 1. The van der Waals surface area contributed by atoms with Crippen molar-refractivity contribution in [2.45, 2.75) is 50.8 Å². The second-order valence-corrected chi connectivity index (χ2v) is 10.9. The van der Waals surface area contributed by atoms with Crippen molar-refractivity contribution >= 4 is 44.4 Å². The van der Waals surface area contributed by atoms with Crippen LogP contribution in [0.3, 0.4) is 0 Å². The highest BCUT2D eigenvalue weighted by Gasteiger charge is 2.21. The maximum Gasteiger partial charge on any atom is 0.233 e. The molecule has 2 heterocycles. The largest absolute Gasteiger partial charge is 0.283 e. The number of rotatable bonds is 7. The first-order chi connectivity index (χ1) is 15.4. The molecule has 32 heavy (non-hydrogen) atoms. The first-order valence-electron chi connectivity index (χ1n) is 10.7. The van der Waals surface area contributed by atoms with Crippen LogP contribution in [0.2, 0.25) is 0 Å². The molecule has 0 atom stereocenters. The van der Waals surface area contributed by atoms with E-state index in [1.807, 2.05) is 23.9 Å². The maximum absolute atomic E-state index is 13.5. The molecule has 4 aromatic rings. The third kappa shape index (κ3) is 5.37. The van der Waals surface area contributed by atoms with Crippen molar-refractivity contribution < 1.29 is 4.79 Å². The highest BCUT2D eigenvalue weighted by atomic mass is 32.2. The van der Waals surface area contributed by atoms with Gasteiger partial charge in [0.05, 0.1) is 23.2 Å². The highest BCUT2D eigenvalue weighted by Crippen LogP contribution is 2.33. The van der Waals surface area contributed by atoms with E-state index in [0.29, 0.717) is 18.2 Å². The highest BCUT2D eigenvalue weighted by molar-refractivity contribution is 7.99. The van der Waals surface area contributed by atoms with Crippen LogP contribution >= 0.6 is 23.1 Å². The van der Waals surface area contributed by atoms with Crippen molar-refractivity contribution in [2.75, 3.05) is 4.90 Å². The standard InChI is InChI=1S/C26H27N3OS2/c1-17(2)31-22-9-7-20(8-10-22)14-24(30)29(16-21-6-5-11-27-15-21)26-28-23-13-18(3)12-19(4)25(23)32-26/h5-13,15,17H,14,16H2,1-4H3. The molecule has 0 aliphatic heterocycles. The fraction of sp³-hybridized carbons (Fsp3) is 0.269. The SMILES string of the molecule is Cc1cc(C)c2sc(N(Cc3cccnc3)C(=O)Cc3ccc(SC(C)C)cc3)nc2c1. The van der Waals surface area contributed by atoms with Gasteiger partial charge in [-0.05, 0) is 60.4 Å². The third-order valence-electron chi connectivity index (χ3n) is 5.05. The van der Waals surface area contributed by atoms with E-state index in [2.05, 4.69) is 69.1 Å². The van der Waals surface area contributed by atoms with Crippen molar-refractivity contribution in [1.29, 1.82) is 0 Å². The molecule has 164 valence electrons. The van der Waals surface area contributed by atoms with Crippen molar-refractivity contribution in [2.24, 2.45) is 0 Å². The van der Waals surface area contributed by atoms with E-state index in [4.69, 9.17) is 4.98 Å². The maximum atomic E-state index is 13.5. The van der Waals surface area contributed by atoms with Crippen LogP contribution < -0.4 is 4.90 Å². The smallest absolute Gasteiger partial charge is 0.233 e. The number of nitrogens with zero attached hydrogens (tertiary/aromatic N) is 3. The normalized spacial score (nSPS) is 11.3. The van der Waals surface area contributed by atoms with Crippen molar-refractivity contribution in [1.82, 2.24) is 9.97 Å². The molecule has 0 saturated carbocycles. The molecule has 2 aromatic carbocycles. The van der Waals surface area contributed by atoms with Gasteiger partial charge in [0.25, 0.3) is 0 Å². The molecule has 0 N–H and O–H groups in total. The van der Waals surface area contributed by atoms with E-state index in [9.17, 15) is 4.79 Å². The number of aryl methyl sites for hydroxylation is 2. The van der Waals surface area contributed by atoms with Crippen LogP contribution in [0.25, 0.3) is 10.2 Å². The number of fused-ring (bicyclic) bond motifs is 1. The molecule has 0 aliphatic carbocycles. The average molecular weight is 462 g/mol. The first kappa shape index (κ1) is 22.5. The van der Waals surface area contributed by atoms with Crippen molar-refractivity contribution in [3.63, 3.8) is 0 Å². The van der Waals surface area contributed by atoms with Crippen LogP contribution in [-0.4, -0.2) is 21.1 Å². The molecular formula is C26H27N3OS2. The zero-order valence-electron chi connectivity index (χ0n) is 18.8. The molecule has 6 heteroatoms. The number of carbonyl (C=O) groups excluding carboxylic acids is 1. The van der Waals surface area contributed by atoms with Crippen LogP contribution in [-0.2, 0) is 17.8 Å². The Bertz CT molecular complexity index is 1220. The zero-order valence-corrected chi connectivity index (χ0v) is 20.5. The molecule has 0 spiro atoms. The Morgan fingerprint density at radius 2 is 1.88 bits per heavy atom. The minimum Gasteiger partial charge on any atom is -0.283 e. The van der Waals surface area contributed by atoms with Crippen LogP contribution in [0, 0.1) is 13.8 Å². The summed E-state index contributed by atoms with van der Waals surface area (Å²) in [6.07, 6.45) is 3.89. The van der Waals surface area contributed by atoms with E-state index in [1.54, 1.807) is 28.6 Å². The van der Waals surface area contributed by atoms with Gasteiger partial charge in [0.15, 0.2) is 5.13 Å². The molecule has 2 aromatic heterocycles. The summed E-state index contributed by atoms with van der Waals surface area (Å²) in [7, 11) is 0. The Morgan fingerprint density at radius 3 is 2.56 bits per heavy atom. The summed E-state index contributed by atoms with van der Waals surface area (Å²) in [5.74, 6) is 0.0338. The number of benzene rings is 2. The number of carbonyl (C=O) groups is 1. The summed E-state index contributed by atoms with van der Waals surface area (Å²) in [4.78, 5) is 25.6. The molecule has 0 aliphatic rings. The van der Waals surface area contributed by atoms with Gasteiger partial charge in [-0.15, -0.1) is 11.8 Å². The van der Waals surface area contributed by atoms with Gasteiger partial charge in [0.1, 0.15) is 0 Å². The van der Waals surface area contributed by atoms with Crippen LogP contribution in [0.5, 0.6) is 0 Å². The van der Waals surface area contributed by atoms with Gasteiger partial charge in [-0.25, -0.2) is 4.98 Å². The third-order valence-corrected chi connectivity index (χ3v) is 7.30. The van der Waals surface area contributed by atoms with Crippen LogP contribution in [0.1, 0.15) is 36.1 Å². The van der Waals surface area contributed by atoms with Gasteiger partial charge >= 0.3 is 0 Å². The lowest BCUT2D eigenvalue weighted by Crippen LogP contribution is -2.31. The molecule has 4 nitrogen and oxygen atoms in total. The van der Waals surface area contributed by atoms with E-state index in [0.717, 1.165) is 26.5 Å². The molecule has 0 bridgehead atoms. The van der Waals surface area contributed by atoms with Gasteiger partial charge in [0.2, 0.25) is 5.91 Å². The Balaban J connectivity index is 1.63. The minimum atomic E-state index is 0.0338. The lowest BCUT2D eigenvalue weighted by atomic mass is 10.1. The fourth-order valence-corrected chi connectivity index (χ4v) is 5.51. The molecule has 0 unspecified atom stereocenters. The average Bonchev–Trinajstić information content (AvgIpc) is 3.18. The van der Waals surface area contributed by atoms with E-state index in [-0.39, 0.29) is 5.91 Å². The van der Waals surface area contributed by atoms with Gasteiger partial charge in [-0.1, -0.05) is 49.4 Å². The number of pyridine rings is 1. The molecular weight excluding hydrogens is 434 g/mol. The molecule has 0 fully saturated rings. The molecule has 0 saturated heterocycles. The minimum absolute atomic E-state index is 0.0338. The summed E-state index contributed by atoms with van der Waals surface area (Å²) in [5, 5.41) is 1.26. The Hall–Kier alpha value is -2.70. The number of anilines is 1. The van der Waals surface area contributed by atoms with Gasteiger partial charge < -0.3 is 0 Å². The fourth-order valence-electron chi connectivity index (χ4n) is 3.65. The number of thioether (sulfide) groups is 1. The summed E-state index contributed by atoms with van der Waals surface area (Å²) >= 11 is 3.40. The number of amides is 1.